The number of nitrogens with zero attached hydrogens (tertiary/aromatic N) is 2. The molecule has 4 aliphatic rings. The summed E-state index contributed by atoms with van der Waals surface area (Å²) in [5.41, 5.74) is 3.40. The second-order valence-electron chi connectivity index (χ2n) is 10.6. The lowest BCUT2D eigenvalue weighted by molar-refractivity contribution is -0.139. The van der Waals surface area contributed by atoms with Gasteiger partial charge in [0.15, 0.2) is 0 Å². The molecule has 0 bridgehead atoms. The van der Waals surface area contributed by atoms with E-state index in [2.05, 4.69) is 4.90 Å². The van der Waals surface area contributed by atoms with Crippen molar-refractivity contribution < 1.29 is 29.0 Å². The molecular formula is C26H32N2O6. The summed E-state index contributed by atoms with van der Waals surface area (Å²) in [5, 5.41) is 11.4. The van der Waals surface area contributed by atoms with Gasteiger partial charge in [0, 0.05) is 17.6 Å². The number of benzene rings is 1. The third-order valence-corrected chi connectivity index (χ3v) is 8.62. The Bertz CT molecular complexity index is 1110. The van der Waals surface area contributed by atoms with E-state index in [0.29, 0.717) is 49.3 Å². The molecule has 182 valence electrons. The summed E-state index contributed by atoms with van der Waals surface area (Å²) < 4.78 is 10.3. The molecule has 0 aliphatic carbocycles. The maximum atomic E-state index is 13.4. The molecule has 8 heteroatoms. The Morgan fingerprint density at radius 2 is 1.62 bits per heavy atom. The Balaban J connectivity index is 1.31. The van der Waals surface area contributed by atoms with Crippen molar-refractivity contribution in [3.8, 4) is 0 Å². The van der Waals surface area contributed by atoms with E-state index in [0.717, 1.165) is 23.1 Å². The first-order valence-corrected chi connectivity index (χ1v) is 12.0. The maximum Gasteiger partial charge on any atom is 0.338 e. The Labute approximate surface area is 199 Å². The molecule has 2 fully saturated rings. The van der Waals surface area contributed by atoms with Gasteiger partial charge in [-0.2, -0.15) is 0 Å². The van der Waals surface area contributed by atoms with Gasteiger partial charge in [0.25, 0.3) is 0 Å². The van der Waals surface area contributed by atoms with Crippen LogP contribution < -0.4 is 0 Å². The van der Waals surface area contributed by atoms with Crippen LogP contribution >= 0.6 is 0 Å². The fourth-order valence-corrected chi connectivity index (χ4v) is 6.02. The van der Waals surface area contributed by atoms with Gasteiger partial charge in [-0.05, 0) is 77.2 Å². The minimum Gasteiger partial charge on any atom is -0.457 e. The van der Waals surface area contributed by atoms with Crippen molar-refractivity contribution in [2.45, 2.75) is 65.2 Å². The van der Waals surface area contributed by atoms with Gasteiger partial charge in [0.2, 0.25) is 5.91 Å². The highest BCUT2D eigenvalue weighted by Crippen LogP contribution is 2.46. The maximum absolute atomic E-state index is 13.4. The van der Waals surface area contributed by atoms with Gasteiger partial charge < -0.3 is 19.5 Å². The molecule has 1 amide bonds. The van der Waals surface area contributed by atoms with E-state index in [1.165, 1.54) is 0 Å². The van der Waals surface area contributed by atoms with Gasteiger partial charge in [-0.15, -0.1) is 0 Å². The van der Waals surface area contributed by atoms with Crippen molar-refractivity contribution in [1.82, 2.24) is 9.80 Å². The number of fused-ring (bicyclic) bond motifs is 1. The third-order valence-electron chi connectivity index (χ3n) is 8.62. The molecule has 1 aromatic carbocycles. The quantitative estimate of drug-likeness (QED) is 0.679. The molecule has 5 rings (SSSR count). The standard InChI is InChI=1S/C26H32N2O6/c1-15-17(5-6-18-19(15)13-33-23(18)31)21(29)25(3,4)27-10-7-26(8-11-27)9-12-28(24(26)32)20-14-34-22(30)16(20)2/h5-6,21,29H,7-14H2,1-4H3/t21-/m1/s1. The van der Waals surface area contributed by atoms with Crippen molar-refractivity contribution in [1.29, 1.82) is 0 Å². The zero-order valence-corrected chi connectivity index (χ0v) is 20.3. The second kappa shape index (κ2) is 7.92. The monoisotopic (exact) mass is 468 g/mol. The number of esters is 2. The van der Waals surface area contributed by atoms with E-state index in [1.54, 1.807) is 17.9 Å². The average molecular weight is 469 g/mol. The fourth-order valence-electron chi connectivity index (χ4n) is 6.02. The van der Waals surface area contributed by atoms with Gasteiger partial charge in [-0.1, -0.05) is 6.07 Å². The van der Waals surface area contributed by atoms with Crippen molar-refractivity contribution >= 4 is 17.8 Å². The van der Waals surface area contributed by atoms with Crippen molar-refractivity contribution in [2.75, 3.05) is 26.2 Å². The van der Waals surface area contributed by atoms with Crippen LogP contribution in [0.1, 0.15) is 73.2 Å². The van der Waals surface area contributed by atoms with E-state index in [1.807, 2.05) is 26.8 Å². The topological polar surface area (TPSA) is 96.4 Å². The second-order valence-corrected chi connectivity index (χ2v) is 10.6. The van der Waals surface area contributed by atoms with Crippen LogP contribution in [-0.2, 0) is 25.7 Å². The molecule has 0 aromatic heterocycles. The number of aliphatic hydroxyl groups excluding tert-OH is 1. The Morgan fingerprint density at radius 1 is 0.971 bits per heavy atom. The summed E-state index contributed by atoms with van der Waals surface area (Å²) in [6.07, 6.45) is 1.44. The van der Waals surface area contributed by atoms with E-state index in [4.69, 9.17) is 9.47 Å². The lowest BCUT2D eigenvalue weighted by Crippen LogP contribution is -2.54. The smallest absolute Gasteiger partial charge is 0.338 e. The molecule has 1 spiro atoms. The average Bonchev–Trinajstić information content (AvgIpc) is 3.46. The summed E-state index contributed by atoms with van der Waals surface area (Å²) in [7, 11) is 0. The summed E-state index contributed by atoms with van der Waals surface area (Å²) in [5.74, 6) is -0.557. The molecule has 0 saturated carbocycles. The molecule has 4 heterocycles. The number of ether oxygens (including phenoxy) is 2. The molecule has 2 saturated heterocycles. The van der Waals surface area contributed by atoms with Crippen LogP contribution in [0.3, 0.4) is 0 Å². The minimum absolute atomic E-state index is 0.0947. The highest BCUT2D eigenvalue weighted by Gasteiger charge is 2.52. The summed E-state index contributed by atoms with van der Waals surface area (Å²) in [6.45, 7) is 10.1. The van der Waals surface area contributed by atoms with Crippen LogP contribution in [0, 0.1) is 12.3 Å². The van der Waals surface area contributed by atoms with E-state index in [-0.39, 0.29) is 31.1 Å². The predicted molar refractivity (Wildman–Crippen MR) is 123 cm³/mol. The predicted octanol–water partition coefficient (Wildman–Crippen LogP) is 2.62. The lowest BCUT2D eigenvalue weighted by atomic mass is 9.75. The first-order chi connectivity index (χ1) is 16.1. The number of carbonyl (C=O) groups is 3. The molecule has 1 N–H and O–H groups in total. The molecule has 34 heavy (non-hydrogen) atoms. The minimum atomic E-state index is -0.757. The van der Waals surface area contributed by atoms with E-state index in [9.17, 15) is 19.5 Å². The normalized spacial score (nSPS) is 23.6. The van der Waals surface area contributed by atoms with Gasteiger partial charge in [0.1, 0.15) is 13.2 Å². The first kappa shape index (κ1) is 23.1. The van der Waals surface area contributed by atoms with Crippen LogP contribution in [0.2, 0.25) is 0 Å². The Morgan fingerprint density at radius 3 is 2.26 bits per heavy atom. The molecule has 1 atom stereocenters. The number of amides is 1. The Kier molecular flexibility index (Phi) is 5.37. The fraction of sp³-hybridized carbons (Fsp3) is 0.577. The lowest BCUT2D eigenvalue weighted by Gasteiger charge is -2.48. The van der Waals surface area contributed by atoms with E-state index < -0.39 is 17.1 Å². The van der Waals surface area contributed by atoms with Crippen LogP contribution in [0.4, 0.5) is 0 Å². The third kappa shape index (κ3) is 3.30. The van der Waals surface area contributed by atoms with Crippen LogP contribution in [-0.4, -0.2) is 64.5 Å². The SMILES string of the molecule is CC1=C(N2CCC3(CCN(C(C)(C)[C@H](O)c4ccc5c(c4C)COC5=O)CC3)C2=O)COC1=O. The van der Waals surface area contributed by atoms with Gasteiger partial charge >= 0.3 is 11.9 Å². The number of hydrogen-bond acceptors (Lipinski definition) is 7. The Hall–Kier alpha value is -2.71. The largest absolute Gasteiger partial charge is 0.457 e. The molecule has 0 radical (unpaired) electrons. The van der Waals surface area contributed by atoms with E-state index >= 15 is 0 Å². The number of piperidine rings is 1. The number of rotatable bonds is 4. The number of likely N-dealkylation sites (tertiary alicyclic amines) is 2. The molecule has 1 aromatic rings. The number of aliphatic hydroxyl groups is 1. The zero-order chi connectivity index (χ0) is 24.4. The zero-order valence-electron chi connectivity index (χ0n) is 20.3. The highest BCUT2D eigenvalue weighted by molar-refractivity contribution is 5.94. The van der Waals surface area contributed by atoms with Gasteiger partial charge in [0.05, 0.1) is 28.4 Å². The molecule has 8 nitrogen and oxygen atoms in total. The van der Waals surface area contributed by atoms with Gasteiger partial charge in [-0.3, -0.25) is 9.69 Å². The molecule has 4 aliphatic heterocycles. The van der Waals surface area contributed by atoms with Crippen molar-refractivity contribution in [2.24, 2.45) is 5.41 Å². The van der Waals surface area contributed by atoms with Crippen molar-refractivity contribution in [3.63, 3.8) is 0 Å². The van der Waals surface area contributed by atoms with Crippen LogP contribution in [0.25, 0.3) is 0 Å². The summed E-state index contributed by atoms with van der Waals surface area (Å²) >= 11 is 0. The number of cyclic esters (lactones) is 2. The van der Waals surface area contributed by atoms with Crippen LogP contribution in [0.5, 0.6) is 0 Å². The number of carbonyl (C=O) groups excluding carboxylic acids is 3. The van der Waals surface area contributed by atoms with Gasteiger partial charge in [-0.25, -0.2) is 9.59 Å². The van der Waals surface area contributed by atoms with Crippen LogP contribution in [0.15, 0.2) is 23.4 Å². The number of hydrogen-bond donors (Lipinski definition) is 1. The highest BCUT2D eigenvalue weighted by atomic mass is 16.5. The summed E-state index contributed by atoms with van der Waals surface area (Å²) in [6, 6.07) is 3.58. The summed E-state index contributed by atoms with van der Waals surface area (Å²) in [4.78, 5) is 41.1. The molecular weight excluding hydrogens is 436 g/mol. The molecule has 0 unspecified atom stereocenters. The van der Waals surface area contributed by atoms with Crippen molar-refractivity contribution in [3.05, 3.63) is 45.7 Å². The first-order valence-electron chi connectivity index (χ1n) is 12.0.